The molecular formula is C54H89N3O16P2. The molecule has 2 heterocycles. The van der Waals surface area contributed by atoms with E-state index in [1.54, 1.807) is 12.2 Å². The normalized spacial score (nSPS) is 19.9. The van der Waals surface area contributed by atoms with E-state index in [0.717, 1.165) is 68.0 Å². The van der Waals surface area contributed by atoms with Crippen LogP contribution in [0.25, 0.3) is 0 Å². The highest BCUT2D eigenvalue weighted by Crippen LogP contribution is 2.60. The number of nitrogens with zero attached hydrogens (tertiary/aromatic N) is 2. The summed E-state index contributed by atoms with van der Waals surface area (Å²) in [5, 5.41) is 31.3. The van der Waals surface area contributed by atoms with Gasteiger partial charge >= 0.3 is 33.3 Å². The van der Waals surface area contributed by atoms with Gasteiger partial charge in [-0.05, 0) is 56.9 Å². The average molecular weight is 1100 g/mol. The van der Waals surface area contributed by atoms with E-state index in [0.29, 0.717) is 12.8 Å². The third kappa shape index (κ3) is 33.8. The van der Waals surface area contributed by atoms with Gasteiger partial charge < -0.3 is 45.1 Å². The molecule has 0 spiro atoms. The summed E-state index contributed by atoms with van der Waals surface area (Å²) in [5.41, 5.74) is 4.58. The number of esters is 2. The van der Waals surface area contributed by atoms with Crippen LogP contribution in [0.15, 0.2) is 90.0 Å². The van der Waals surface area contributed by atoms with Crippen molar-refractivity contribution in [2.24, 2.45) is 5.92 Å². The number of aliphatic hydroxyl groups is 3. The first kappa shape index (κ1) is 67.3. The molecule has 0 radical (unpaired) electrons. The molecule has 2 rings (SSSR count). The zero-order valence-corrected chi connectivity index (χ0v) is 46.4. The second-order valence-electron chi connectivity index (χ2n) is 19.0. The highest BCUT2D eigenvalue weighted by atomic mass is 31.3. The molecule has 0 aliphatic carbocycles. The fraction of sp³-hybridized carbons (Fsp3) is 0.667. The van der Waals surface area contributed by atoms with Crippen molar-refractivity contribution in [3.63, 3.8) is 0 Å². The van der Waals surface area contributed by atoms with E-state index in [1.165, 1.54) is 76.4 Å². The molecule has 3 unspecified atom stereocenters. The summed E-state index contributed by atoms with van der Waals surface area (Å²) in [4.78, 5) is 62.0. The van der Waals surface area contributed by atoms with Crippen LogP contribution in [0.3, 0.4) is 0 Å². The number of nitrogen functional groups attached to an aromatic ring is 1. The minimum Gasteiger partial charge on any atom is -0.462 e. The molecule has 1 aliphatic rings. The van der Waals surface area contributed by atoms with Gasteiger partial charge in [0.25, 0.3) is 0 Å². The van der Waals surface area contributed by atoms with Crippen LogP contribution in [-0.4, -0.2) is 96.9 Å². The number of carbonyl (C=O) groups excluding carboxylic acids is 2. The lowest BCUT2D eigenvalue weighted by Gasteiger charge is -2.21. The molecule has 21 heteroatoms. The third-order valence-electron chi connectivity index (χ3n) is 11.9. The zero-order valence-electron chi connectivity index (χ0n) is 44.6. The minimum absolute atomic E-state index is 0.000575. The summed E-state index contributed by atoms with van der Waals surface area (Å²) in [6.07, 6.45) is 37.4. The largest absolute Gasteiger partial charge is 0.481 e. The summed E-state index contributed by atoms with van der Waals surface area (Å²) in [6, 6.07) is 1.24. The van der Waals surface area contributed by atoms with Gasteiger partial charge in [0.05, 0.1) is 19.3 Å². The smallest absolute Gasteiger partial charge is 0.462 e. The number of hydrogen-bond donors (Lipinski definition) is 6. The molecule has 75 heavy (non-hydrogen) atoms. The van der Waals surface area contributed by atoms with Gasteiger partial charge in [-0.1, -0.05) is 184 Å². The summed E-state index contributed by atoms with van der Waals surface area (Å²) in [5.74, 6) is -0.807. The van der Waals surface area contributed by atoms with Gasteiger partial charge in [0.2, 0.25) is 0 Å². The summed E-state index contributed by atoms with van der Waals surface area (Å²) in [7, 11) is -10.9. The van der Waals surface area contributed by atoms with E-state index >= 15 is 0 Å². The highest BCUT2D eigenvalue weighted by molar-refractivity contribution is 7.61. The van der Waals surface area contributed by atoms with Crippen molar-refractivity contribution in [3.8, 4) is 0 Å². The molecular weight excluding hydrogens is 1010 g/mol. The number of carbonyl (C=O) groups is 2. The van der Waals surface area contributed by atoms with E-state index in [4.69, 9.17) is 29.0 Å². The highest BCUT2D eigenvalue weighted by Gasteiger charge is 2.46. The molecule has 1 aromatic heterocycles. The number of ether oxygens (including phenoxy) is 3. The fourth-order valence-electron chi connectivity index (χ4n) is 7.67. The van der Waals surface area contributed by atoms with Crippen LogP contribution in [0.5, 0.6) is 0 Å². The number of phosphoric ester groups is 2. The number of anilines is 1. The van der Waals surface area contributed by atoms with Crippen LogP contribution in [0.2, 0.25) is 0 Å². The van der Waals surface area contributed by atoms with Crippen LogP contribution in [-0.2, 0) is 46.3 Å². The SMILES string of the molecule is CC/C=C\C/C=C\C/C=C\C/C=C\C/C=C\C=C/C(O)CCC(=O)OC[C@H](COP(=O)(O)OP(=O)(O)OC[C@H]1O[C@@H](n2ccc(N)nc2=O)[C@H](O)[C@@H]1O)OC(=O)CCCCCCCCCCCCCCCCC(C)C. The molecule has 0 aromatic carbocycles. The lowest BCUT2D eigenvalue weighted by molar-refractivity contribution is -0.161. The van der Waals surface area contributed by atoms with E-state index in [9.17, 15) is 48.6 Å². The molecule has 1 saturated heterocycles. The molecule has 0 saturated carbocycles. The van der Waals surface area contributed by atoms with Gasteiger partial charge in [-0.25, -0.2) is 13.9 Å². The Labute approximate surface area is 445 Å². The Kier molecular flexibility index (Phi) is 36.2. The molecule has 7 N–H and O–H groups in total. The number of rotatable bonds is 43. The Morgan fingerprint density at radius 1 is 0.720 bits per heavy atom. The van der Waals surface area contributed by atoms with Crippen molar-refractivity contribution in [3.05, 3.63) is 95.7 Å². The van der Waals surface area contributed by atoms with Gasteiger partial charge in [-0.3, -0.25) is 23.2 Å². The first-order valence-corrected chi connectivity index (χ1v) is 29.9. The Morgan fingerprint density at radius 2 is 1.25 bits per heavy atom. The Morgan fingerprint density at radius 3 is 1.81 bits per heavy atom. The molecule has 8 atom stereocenters. The number of aliphatic hydroxyl groups excluding tert-OH is 3. The second-order valence-corrected chi connectivity index (χ2v) is 22.1. The van der Waals surface area contributed by atoms with E-state index < -0.39 is 89.8 Å². The van der Waals surface area contributed by atoms with Crippen LogP contribution in [0.4, 0.5) is 5.82 Å². The van der Waals surface area contributed by atoms with Crippen molar-refractivity contribution in [1.29, 1.82) is 0 Å². The molecule has 1 aromatic rings. The molecule has 426 valence electrons. The maximum absolute atomic E-state index is 12.9. The fourth-order valence-corrected chi connectivity index (χ4v) is 9.78. The zero-order chi connectivity index (χ0) is 55.2. The van der Waals surface area contributed by atoms with Gasteiger partial charge in [-0.15, -0.1) is 0 Å². The van der Waals surface area contributed by atoms with E-state index in [2.05, 4.69) is 72.6 Å². The van der Waals surface area contributed by atoms with Crippen molar-refractivity contribution >= 4 is 33.4 Å². The van der Waals surface area contributed by atoms with Gasteiger partial charge in [0.15, 0.2) is 12.3 Å². The number of allylic oxidation sites excluding steroid dienone is 11. The predicted octanol–water partition coefficient (Wildman–Crippen LogP) is 10.5. The summed E-state index contributed by atoms with van der Waals surface area (Å²) < 4.78 is 56.7. The first-order chi connectivity index (χ1) is 35.9. The number of phosphoric acid groups is 2. The molecule has 1 fully saturated rings. The van der Waals surface area contributed by atoms with Gasteiger partial charge in [0.1, 0.15) is 30.7 Å². The third-order valence-corrected chi connectivity index (χ3v) is 14.5. The van der Waals surface area contributed by atoms with Crippen molar-refractivity contribution < 1.29 is 71.4 Å². The van der Waals surface area contributed by atoms with E-state index in [-0.39, 0.29) is 25.1 Å². The standard InChI is InChI=1S/C54H89N3O16P2/c1-4-5-6-7-8-9-10-11-12-13-17-20-23-26-29-32-35-45(58)37-38-49(59)68-41-46(71-50(60)36-33-30-27-24-21-18-15-14-16-19-22-25-28-31-34-44(2)3)42-69-74(64,65)73-75(66,67)70-43-47-51(61)52(62)53(72-47)57-40-39-48(55)56-54(57)63/h5-6,8-9,11-12,17,20,26,29,32,35,39-40,44-47,51-53,58,61-62H,4,7,10,13-16,18-19,21-25,27-28,30-31,33-34,36-38,41-43H2,1-3H3,(H,64,65)(H,66,67)(H2,55,56,63)/b6-5-,9-8-,12-11-,20-17-,29-26-,35-32-/t45?,46-,47-,51-,52-,53-/m1/s1. The van der Waals surface area contributed by atoms with Gasteiger partial charge in [0, 0.05) is 19.0 Å². The molecule has 19 nitrogen and oxygen atoms in total. The molecule has 1 aliphatic heterocycles. The maximum atomic E-state index is 12.9. The summed E-state index contributed by atoms with van der Waals surface area (Å²) >= 11 is 0. The monoisotopic (exact) mass is 1100 g/mol. The number of hydrogen-bond acceptors (Lipinski definition) is 16. The van der Waals surface area contributed by atoms with Gasteiger partial charge in [-0.2, -0.15) is 9.29 Å². The van der Waals surface area contributed by atoms with Crippen molar-refractivity contribution in [2.45, 2.75) is 205 Å². The van der Waals surface area contributed by atoms with Crippen molar-refractivity contribution in [2.75, 3.05) is 25.6 Å². The number of unbranched alkanes of at least 4 members (excludes halogenated alkanes) is 13. The average Bonchev–Trinajstić information content (AvgIpc) is 3.63. The topological polar surface area (TPSA) is 286 Å². The Hall–Kier alpha value is -3.84. The lowest BCUT2D eigenvalue weighted by atomic mass is 10.0. The quantitative estimate of drug-likeness (QED) is 0.0116. The van der Waals surface area contributed by atoms with E-state index in [1.807, 2.05) is 12.2 Å². The second kappa shape index (κ2) is 40.4. The maximum Gasteiger partial charge on any atom is 0.481 e. The van der Waals surface area contributed by atoms with Crippen LogP contribution >= 0.6 is 15.6 Å². The van der Waals surface area contributed by atoms with Crippen LogP contribution in [0.1, 0.15) is 175 Å². The number of aromatic nitrogens is 2. The van der Waals surface area contributed by atoms with Crippen LogP contribution < -0.4 is 11.4 Å². The first-order valence-electron chi connectivity index (χ1n) is 26.9. The molecule has 0 bridgehead atoms. The summed E-state index contributed by atoms with van der Waals surface area (Å²) in [6.45, 7) is 4.13. The Bertz CT molecular complexity index is 2070. The molecule has 0 amide bonds. The number of nitrogens with two attached hydrogens (primary N) is 1. The van der Waals surface area contributed by atoms with Crippen molar-refractivity contribution in [1.82, 2.24) is 9.55 Å². The Balaban J connectivity index is 1.84. The lowest BCUT2D eigenvalue weighted by Crippen LogP contribution is -2.36. The van der Waals surface area contributed by atoms with Crippen LogP contribution in [0, 0.1) is 5.92 Å². The minimum atomic E-state index is -5.48. The predicted molar refractivity (Wildman–Crippen MR) is 290 cm³/mol.